The summed E-state index contributed by atoms with van der Waals surface area (Å²) in [4.78, 5) is 26.6. The van der Waals surface area contributed by atoms with Gasteiger partial charge in [-0.25, -0.2) is 9.97 Å². The Kier molecular flexibility index (Phi) is 11.7. The van der Waals surface area contributed by atoms with Crippen LogP contribution >= 0.6 is 0 Å². The van der Waals surface area contributed by atoms with Crippen LogP contribution in [0.2, 0.25) is 0 Å². The molecule has 198 valence electrons. The van der Waals surface area contributed by atoms with Crippen LogP contribution in [-0.2, 0) is 9.47 Å². The molecule has 3 aromatic rings. The van der Waals surface area contributed by atoms with Gasteiger partial charge in [0.2, 0.25) is 11.8 Å². The number of hydrogen-bond acceptors (Lipinski definition) is 10. The van der Waals surface area contributed by atoms with Crippen molar-refractivity contribution in [3.8, 4) is 17.0 Å². The molecule has 11 heteroatoms. The fourth-order valence-electron chi connectivity index (χ4n) is 4.27. The lowest BCUT2D eigenvalue weighted by Crippen LogP contribution is -2.32. The van der Waals surface area contributed by atoms with E-state index in [1.165, 1.54) is 7.05 Å². The Hall–Kier alpha value is -3.12. The predicted octanol–water partition coefficient (Wildman–Crippen LogP) is 2.08. The molecule has 0 saturated heterocycles. The van der Waals surface area contributed by atoms with E-state index in [-0.39, 0.29) is 30.3 Å². The van der Waals surface area contributed by atoms with Gasteiger partial charge < -0.3 is 30.8 Å². The molecule has 0 atom stereocenters. The molecule has 1 aliphatic rings. The van der Waals surface area contributed by atoms with E-state index in [9.17, 15) is 4.79 Å². The lowest BCUT2D eigenvalue weighted by atomic mass is 9.92. The van der Waals surface area contributed by atoms with Gasteiger partial charge >= 0.3 is 0 Å². The largest absolute Gasteiger partial charge is 0.481 e. The van der Waals surface area contributed by atoms with Crippen LogP contribution in [0.5, 0.6) is 5.88 Å². The Labute approximate surface area is 211 Å². The molecule has 3 heterocycles. The van der Waals surface area contributed by atoms with Gasteiger partial charge in [-0.05, 0) is 51.8 Å². The molecule has 0 spiro atoms. The topological polar surface area (TPSA) is 161 Å². The van der Waals surface area contributed by atoms with Crippen molar-refractivity contribution in [2.75, 3.05) is 47.3 Å². The highest BCUT2D eigenvalue weighted by Crippen LogP contribution is 2.33. The van der Waals surface area contributed by atoms with Crippen LogP contribution in [0, 0.1) is 6.92 Å². The van der Waals surface area contributed by atoms with Crippen LogP contribution in [0.4, 0.5) is 5.95 Å². The predicted molar refractivity (Wildman–Crippen MR) is 140 cm³/mol. The molecule has 5 N–H and O–H groups in total. The molecular weight excluding hydrogens is 464 g/mol. The zero-order valence-corrected chi connectivity index (χ0v) is 21.7. The average Bonchev–Trinajstić information content (AvgIpc) is 2.89. The third kappa shape index (κ3) is 6.97. The van der Waals surface area contributed by atoms with Gasteiger partial charge in [0.15, 0.2) is 0 Å². The molecule has 0 aromatic carbocycles. The second-order valence-corrected chi connectivity index (χ2v) is 8.16. The summed E-state index contributed by atoms with van der Waals surface area (Å²) in [6.07, 6.45) is 4.91. The van der Waals surface area contributed by atoms with Crippen LogP contribution in [0.3, 0.4) is 0 Å². The molecule has 4 rings (SSSR count). The van der Waals surface area contributed by atoms with Crippen molar-refractivity contribution in [1.82, 2.24) is 19.5 Å². The summed E-state index contributed by atoms with van der Waals surface area (Å²) >= 11 is 0. The van der Waals surface area contributed by atoms with Crippen molar-refractivity contribution < 1.29 is 19.3 Å². The molecular formula is C25H38N6O5. The van der Waals surface area contributed by atoms with Gasteiger partial charge in [0.25, 0.3) is 5.56 Å². The van der Waals surface area contributed by atoms with Crippen molar-refractivity contribution >= 4 is 17.0 Å². The van der Waals surface area contributed by atoms with E-state index in [0.717, 1.165) is 36.8 Å². The summed E-state index contributed by atoms with van der Waals surface area (Å²) in [7, 11) is 6.30. The molecule has 1 aliphatic carbocycles. The minimum Gasteiger partial charge on any atom is -0.481 e. The highest BCUT2D eigenvalue weighted by Gasteiger charge is 2.27. The number of nitrogens with two attached hydrogens (primary N) is 2. The first-order chi connectivity index (χ1) is 17.4. The zero-order valence-electron chi connectivity index (χ0n) is 21.7. The van der Waals surface area contributed by atoms with Crippen LogP contribution in [0.15, 0.2) is 29.2 Å². The number of nitrogens with zero attached hydrogens (tertiary/aromatic N) is 4. The number of pyridine rings is 2. The van der Waals surface area contributed by atoms with Crippen LogP contribution in [-0.4, -0.2) is 72.3 Å². The Morgan fingerprint density at radius 3 is 2.33 bits per heavy atom. The van der Waals surface area contributed by atoms with E-state index >= 15 is 0 Å². The summed E-state index contributed by atoms with van der Waals surface area (Å²) in [5, 5.41) is 9.79. The Balaban J connectivity index is 0.000000850. The quantitative estimate of drug-likeness (QED) is 0.455. The molecule has 11 nitrogen and oxygen atoms in total. The second-order valence-electron chi connectivity index (χ2n) is 8.16. The van der Waals surface area contributed by atoms with Gasteiger partial charge in [-0.15, -0.1) is 0 Å². The van der Waals surface area contributed by atoms with Crippen LogP contribution in [0.1, 0.15) is 37.4 Å². The maximum Gasteiger partial charge on any atom is 0.260 e. The van der Waals surface area contributed by atoms with Crippen molar-refractivity contribution in [3.05, 3.63) is 40.4 Å². The Bertz CT molecular complexity index is 1140. The van der Waals surface area contributed by atoms with Crippen LogP contribution < -0.4 is 21.8 Å². The molecule has 0 aliphatic heterocycles. The maximum absolute atomic E-state index is 13.7. The Morgan fingerprint density at radius 1 is 1.11 bits per heavy atom. The maximum atomic E-state index is 13.7. The Morgan fingerprint density at radius 2 is 1.78 bits per heavy atom. The standard InChI is InChI=1S/C22H27N5O4.C2H6O.CH5N/c1-13-17-11-18(14-3-8-19(30-2)24-12-14)21(29)27(20(17)26-22(23)25-13)15-4-6-16(7-5-15)31-10-9-28;1-3-2;1-2/h3,8,11-12,15-16,28H,4-7,9-10H2,1-2H3,(H2,23,25,26);1-2H3;2H2,1H3. The zero-order chi connectivity index (χ0) is 26.7. The smallest absolute Gasteiger partial charge is 0.260 e. The summed E-state index contributed by atoms with van der Waals surface area (Å²) in [6.45, 7) is 2.21. The minimum absolute atomic E-state index is 0.0113. The molecule has 0 bridgehead atoms. The molecule has 1 fully saturated rings. The molecule has 36 heavy (non-hydrogen) atoms. The second kappa shape index (κ2) is 14.4. The first-order valence-corrected chi connectivity index (χ1v) is 11.8. The van der Waals surface area contributed by atoms with Gasteiger partial charge in [-0.2, -0.15) is 4.98 Å². The third-order valence-electron chi connectivity index (χ3n) is 5.81. The number of aliphatic hydroxyl groups excluding tert-OH is 1. The number of fused-ring (bicyclic) bond motifs is 1. The SMILES string of the molecule is CN.COC.COc1ccc(-c2cc3c(C)nc(N)nc3n(C3CCC(OCCO)CC3)c2=O)cn1. The number of rotatable bonds is 6. The highest BCUT2D eigenvalue weighted by atomic mass is 16.5. The fraction of sp³-hybridized carbons (Fsp3) is 0.520. The highest BCUT2D eigenvalue weighted by molar-refractivity contribution is 5.84. The van der Waals surface area contributed by atoms with Gasteiger partial charge in [0, 0.05) is 49.0 Å². The first-order valence-electron chi connectivity index (χ1n) is 11.8. The van der Waals surface area contributed by atoms with Gasteiger partial charge in [-0.3, -0.25) is 9.36 Å². The monoisotopic (exact) mass is 502 g/mol. The van der Waals surface area contributed by atoms with E-state index in [4.69, 9.17) is 20.3 Å². The van der Waals surface area contributed by atoms with Gasteiger partial charge in [0.05, 0.1) is 32.1 Å². The lowest BCUT2D eigenvalue weighted by Gasteiger charge is -2.30. The molecule has 0 amide bonds. The normalized spacial score (nSPS) is 17.0. The van der Waals surface area contributed by atoms with E-state index in [2.05, 4.69) is 25.4 Å². The molecule has 0 radical (unpaired) electrons. The number of hydrogen-bond donors (Lipinski definition) is 3. The van der Waals surface area contributed by atoms with E-state index < -0.39 is 0 Å². The molecule has 0 unspecified atom stereocenters. The molecule has 3 aromatic heterocycles. The summed E-state index contributed by atoms with van der Waals surface area (Å²) < 4.78 is 16.8. The summed E-state index contributed by atoms with van der Waals surface area (Å²) in [5.74, 6) is 0.635. The van der Waals surface area contributed by atoms with E-state index in [1.807, 2.05) is 19.1 Å². The molecule has 1 saturated carbocycles. The first kappa shape index (κ1) is 29.1. The fourth-order valence-corrected chi connectivity index (χ4v) is 4.27. The number of aliphatic hydroxyl groups is 1. The number of ether oxygens (including phenoxy) is 3. The summed E-state index contributed by atoms with van der Waals surface area (Å²) in [5.41, 5.74) is 12.8. The van der Waals surface area contributed by atoms with E-state index in [0.29, 0.717) is 29.3 Å². The number of methoxy groups -OCH3 is 2. The number of aromatic nitrogens is 4. The van der Waals surface area contributed by atoms with Crippen molar-refractivity contribution in [2.45, 2.75) is 44.8 Å². The summed E-state index contributed by atoms with van der Waals surface area (Å²) in [6, 6.07) is 5.36. The van der Waals surface area contributed by atoms with Crippen molar-refractivity contribution in [1.29, 1.82) is 0 Å². The van der Waals surface area contributed by atoms with Crippen LogP contribution in [0.25, 0.3) is 22.2 Å². The van der Waals surface area contributed by atoms with Crippen molar-refractivity contribution in [2.24, 2.45) is 5.73 Å². The lowest BCUT2D eigenvalue weighted by molar-refractivity contribution is 0.00169. The number of anilines is 1. The van der Waals surface area contributed by atoms with Gasteiger partial charge in [0.1, 0.15) is 5.65 Å². The van der Waals surface area contributed by atoms with Gasteiger partial charge in [-0.1, -0.05) is 0 Å². The minimum atomic E-state index is -0.128. The third-order valence-corrected chi connectivity index (χ3v) is 5.81. The van der Waals surface area contributed by atoms with Crippen molar-refractivity contribution in [3.63, 3.8) is 0 Å². The number of aryl methyl sites for hydroxylation is 1. The average molecular weight is 503 g/mol. The van der Waals surface area contributed by atoms with E-state index in [1.54, 1.807) is 38.2 Å². The number of nitrogen functional groups attached to an aromatic ring is 1.